The summed E-state index contributed by atoms with van der Waals surface area (Å²) in [5.41, 5.74) is 5.69. The van der Waals surface area contributed by atoms with Crippen molar-refractivity contribution in [3.63, 3.8) is 0 Å². The zero-order chi connectivity index (χ0) is 20.5. The van der Waals surface area contributed by atoms with Gasteiger partial charge in [-0.3, -0.25) is 9.88 Å². The van der Waals surface area contributed by atoms with E-state index in [2.05, 4.69) is 34.6 Å². The van der Waals surface area contributed by atoms with Crippen LogP contribution in [0, 0.1) is 0 Å². The molecule has 2 aromatic carbocycles. The first-order valence-electron chi connectivity index (χ1n) is 10.2. The minimum atomic E-state index is -0.316. The van der Waals surface area contributed by atoms with Gasteiger partial charge in [-0.1, -0.05) is 60.1 Å². The zero-order valence-corrected chi connectivity index (χ0v) is 19.6. The zero-order valence-electron chi connectivity index (χ0n) is 17.2. The second-order valence-electron chi connectivity index (χ2n) is 7.61. The number of aromatic nitrogens is 1. The van der Waals surface area contributed by atoms with Gasteiger partial charge < -0.3 is 10.1 Å². The van der Waals surface area contributed by atoms with Crippen molar-refractivity contribution in [3.05, 3.63) is 88.7 Å². The maximum atomic E-state index is 13.1. The van der Waals surface area contributed by atoms with E-state index in [0.29, 0.717) is 24.7 Å². The van der Waals surface area contributed by atoms with Crippen LogP contribution >= 0.6 is 36.4 Å². The molecule has 2 aliphatic rings. The maximum absolute atomic E-state index is 13.1. The van der Waals surface area contributed by atoms with Crippen LogP contribution in [0.1, 0.15) is 28.7 Å². The lowest BCUT2D eigenvalue weighted by molar-refractivity contribution is 0.0752. The number of pyridine rings is 1. The molecule has 0 saturated carbocycles. The number of benzene rings is 2. The van der Waals surface area contributed by atoms with Gasteiger partial charge >= 0.3 is 6.09 Å². The molecule has 1 saturated heterocycles. The number of carbonyl (C=O) groups is 1. The van der Waals surface area contributed by atoms with Crippen molar-refractivity contribution >= 4 is 42.5 Å². The molecule has 0 bridgehead atoms. The fourth-order valence-corrected chi connectivity index (χ4v) is 4.74. The van der Waals surface area contributed by atoms with E-state index in [-0.39, 0.29) is 42.9 Å². The summed E-state index contributed by atoms with van der Waals surface area (Å²) in [4.78, 5) is 19.0. The van der Waals surface area contributed by atoms with E-state index in [1.54, 1.807) is 23.4 Å². The van der Waals surface area contributed by atoms with Crippen molar-refractivity contribution in [2.75, 3.05) is 26.2 Å². The Hall–Kier alpha value is -2.31. The van der Waals surface area contributed by atoms with Crippen molar-refractivity contribution < 1.29 is 9.53 Å². The highest BCUT2D eigenvalue weighted by Gasteiger charge is 2.33. The van der Waals surface area contributed by atoms with Gasteiger partial charge in [0.25, 0.3) is 0 Å². The van der Waals surface area contributed by atoms with Gasteiger partial charge in [-0.05, 0) is 28.3 Å². The number of carbonyl (C=O) groups excluding carboxylic acids is 1. The number of hydrogen-bond donors (Lipinski definition) is 1. The Kier molecular flexibility index (Phi) is 8.01. The van der Waals surface area contributed by atoms with Gasteiger partial charge in [0.05, 0.1) is 6.04 Å². The van der Waals surface area contributed by atoms with E-state index < -0.39 is 0 Å². The van der Waals surface area contributed by atoms with E-state index in [1.165, 1.54) is 22.3 Å². The van der Waals surface area contributed by atoms with Crippen molar-refractivity contribution in [2.45, 2.75) is 12.0 Å². The quantitative estimate of drug-likeness (QED) is 0.526. The lowest BCUT2D eigenvalue weighted by Crippen LogP contribution is -2.49. The summed E-state index contributed by atoms with van der Waals surface area (Å²) >= 11 is 6.37. The van der Waals surface area contributed by atoms with Gasteiger partial charge in [0.15, 0.2) is 0 Å². The normalized spacial score (nSPS) is 16.9. The van der Waals surface area contributed by atoms with Crippen LogP contribution < -0.4 is 5.32 Å². The fraction of sp³-hybridized carbons (Fsp3) is 0.250. The summed E-state index contributed by atoms with van der Waals surface area (Å²) in [6.45, 7) is 2.21. The first-order chi connectivity index (χ1) is 14.7. The molecule has 3 aromatic rings. The molecular formula is C24H24Cl3N3O2. The topological polar surface area (TPSA) is 54.5 Å². The highest BCUT2D eigenvalue weighted by Crippen LogP contribution is 2.44. The molecule has 168 valence electrons. The number of nitrogens with one attached hydrogen (secondary N) is 1. The number of halogens is 3. The van der Waals surface area contributed by atoms with Gasteiger partial charge in [0, 0.05) is 48.5 Å². The van der Waals surface area contributed by atoms with Crippen LogP contribution in [0.2, 0.25) is 5.02 Å². The van der Waals surface area contributed by atoms with Crippen LogP contribution in [0.5, 0.6) is 0 Å². The third-order valence-corrected chi connectivity index (χ3v) is 6.31. The molecule has 0 radical (unpaired) electrons. The lowest BCUT2D eigenvalue weighted by Gasteiger charge is -2.36. The maximum Gasteiger partial charge on any atom is 0.410 e. The third-order valence-electron chi connectivity index (χ3n) is 5.97. The van der Waals surface area contributed by atoms with Gasteiger partial charge in [0.1, 0.15) is 6.61 Å². The number of nitrogens with zero attached hydrogens (tertiary/aromatic N) is 2. The fourth-order valence-electron chi connectivity index (χ4n) is 4.51. The molecule has 1 atom stereocenters. The summed E-state index contributed by atoms with van der Waals surface area (Å²) in [5.74, 6) is 0.0460. The molecule has 5 rings (SSSR count). The van der Waals surface area contributed by atoms with Crippen LogP contribution in [0.4, 0.5) is 4.79 Å². The summed E-state index contributed by atoms with van der Waals surface area (Å²) < 4.78 is 5.87. The molecule has 1 aromatic heterocycles. The second kappa shape index (κ2) is 10.5. The van der Waals surface area contributed by atoms with Crippen LogP contribution in [-0.4, -0.2) is 42.2 Å². The second-order valence-corrected chi connectivity index (χ2v) is 8.02. The molecule has 0 spiro atoms. The Labute approximate surface area is 205 Å². The molecule has 1 aliphatic carbocycles. The molecule has 5 nitrogen and oxygen atoms in total. The monoisotopic (exact) mass is 491 g/mol. The number of fused-ring (bicyclic) bond motifs is 3. The average molecular weight is 493 g/mol. The first kappa shape index (κ1) is 24.3. The molecule has 1 N–H and O–H groups in total. The molecule has 1 amide bonds. The summed E-state index contributed by atoms with van der Waals surface area (Å²) in [6.07, 6.45) is 3.06. The minimum absolute atomic E-state index is 0. The Morgan fingerprint density at radius 3 is 2.34 bits per heavy atom. The predicted molar refractivity (Wildman–Crippen MR) is 131 cm³/mol. The molecule has 1 fully saturated rings. The molecule has 1 unspecified atom stereocenters. The third kappa shape index (κ3) is 4.44. The van der Waals surface area contributed by atoms with Crippen molar-refractivity contribution in [1.82, 2.24) is 15.2 Å². The standard InChI is InChI=1S/C24H22ClN3O2.2ClH/c25-22-9-10-26-13-20(22)23-14-27-11-12-28(23)24(29)30-15-21-18-7-3-1-5-16(18)17-6-2-4-8-19(17)21;;/h1-10,13,21,23,27H,11-12,14-15H2;2*1H. The Bertz CT molecular complexity index is 1050. The van der Waals surface area contributed by atoms with Crippen molar-refractivity contribution in [1.29, 1.82) is 0 Å². The number of rotatable bonds is 3. The Morgan fingerprint density at radius 1 is 1.03 bits per heavy atom. The molecule has 1 aliphatic heterocycles. The predicted octanol–water partition coefficient (Wildman–Crippen LogP) is 5.47. The van der Waals surface area contributed by atoms with Crippen LogP contribution in [0.15, 0.2) is 67.0 Å². The molecule has 2 heterocycles. The first-order valence-corrected chi connectivity index (χ1v) is 10.5. The van der Waals surface area contributed by atoms with E-state index in [9.17, 15) is 4.79 Å². The number of ether oxygens (including phenoxy) is 1. The van der Waals surface area contributed by atoms with Gasteiger partial charge in [-0.2, -0.15) is 0 Å². The molecule has 8 heteroatoms. The van der Waals surface area contributed by atoms with Gasteiger partial charge in [0.2, 0.25) is 0 Å². The van der Waals surface area contributed by atoms with Crippen LogP contribution in [0.25, 0.3) is 11.1 Å². The van der Waals surface area contributed by atoms with E-state index >= 15 is 0 Å². The van der Waals surface area contributed by atoms with E-state index in [0.717, 1.165) is 12.1 Å². The summed E-state index contributed by atoms with van der Waals surface area (Å²) in [6, 6.07) is 18.2. The molecular weight excluding hydrogens is 469 g/mol. The smallest absolute Gasteiger partial charge is 0.410 e. The van der Waals surface area contributed by atoms with Crippen molar-refractivity contribution in [3.8, 4) is 11.1 Å². The highest BCUT2D eigenvalue weighted by atomic mass is 35.5. The Balaban J connectivity index is 0.00000144. The summed E-state index contributed by atoms with van der Waals surface area (Å²) in [7, 11) is 0. The van der Waals surface area contributed by atoms with Gasteiger partial charge in [-0.15, -0.1) is 24.8 Å². The average Bonchev–Trinajstić information content (AvgIpc) is 3.12. The Morgan fingerprint density at radius 2 is 1.69 bits per heavy atom. The number of hydrogen-bond acceptors (Lipinski definition) is 4. The minimum Gasteiger partial charge on any atom is -0.448 e. The van der Waals surface area contributed by atoms with E-state index in [1.807, 2.05) is 24.3 Å². The number of piperazine rings is 1. The van der Waals surface area contributed by atoms with Crippen LogP contribution in [-0.2, 0) is 4.74 Å². The lowest BCUT2D eigenvalue weighted by atomic mass is 9.98. The van der Waals surface area contributed by atoms with E-state index in [4.69, 9.17) is 16.3 Å². The van der Waals surface area contributed by atoms with Crippen molar-refractivity contribution in [2.24, 2.45) is 0 Å². The molecule has 32 heavy (non-hydrogen) atoms. The SMILES string of the molecule is Cl.Cl.O=C(OCC1c2ccccc2-c2ccccc21)N1CCNCC1c1cnccc1Cl. The number of amides is 1. The summed E-state index contributed by atoms with van der Waals surface area (Å²) in [5, 5.41) is 3.94. The highest BCUT2D eigenvalue weighted by molar-refractivity contribution is 6.31. The van der Waals surface area contributed by atoms with Gasteiger partial charge in [-0.25, -0.2) is 4.79 Å². The van der Waals surface area contributed by atoms with Crippen LogP contribution in [0.3, 0.4) is 0 Å². The largest absolute Gasteiger partial charge is 0.448 e.